The number of benzene rings is 1. The second-order valence-electron chi connectivity index (χ2n) is 6.37. The maximum absolute atomic E-state index is 12.4. The quantitative estimate of drug-likeness (QED) is 0.633. The highest BCUT2D eigenvalue weighted by atomic mass is 32.1. The van der Waals surface area contributed by atoms with E-state index in [1.165, 1.54) is 24.0 Å². The lowest BCUT2D eigenvalue weighted by atomic mass is 9.95. The topological polar surface area (TPSA) is 41.6 Å². The molecule has 0 bridgehead atoms. The number of carbonyl (C=O) groups is 1. The van der Waals surface area contributed by atoms with E-state index >= 15 is 0 Å². The van der Waals surface area contributed by atoms with E-state index < -0.39 is 0 Å². The minimum Gasteiger partial charge on any atom is -0.465 e. The van der Waals surface area contributed by atoms with E-state index in [9.17, 15) is 4.79 Å². The van der Waals surface area contributed by atoms with E-state index in [1.54, 1.807) is 11.3 Å². The van der Waals surface area contributed by atoms with Gasteiger partial charge in [0.25, 0.3) is 0 Å². The van der Waals surface area contributed by atoms with Gasteiger partial charge in [0.2, 0.25) is 0 Å². The third kappa shape index (κ3) is 2.93. The molecule has 0 saturated carbocycles. The molecule has 6 heteroatoms. The summed E-state index contributed by atoms with van der Waals surface area (Å²) in [5.74, 6) is -0.272. The number of hydrogen-bond acceptors (Lipinski definition) is 4. The SMILES string of the molecule is COC(=O)c1c(NC(=S)N2CCc3ccccc32)sc2c1CCCC2. The first-order valence-electron chi connectivity index (χ1n) is 8.58. The number of nitrogens with one attached hydrogen (secondary N) is 1. The Bertz CT molecular complexity index is 844. The molecule has 2 heterocycles. The number of esters is 1. The maximum Gasteiger partial charge on any atom is 0.341 e. The Kier molecular flexibility index (Phi) is 4.48. The number of thiocarbonyl (C=S) groups is 1. The number of anilines is 2. The van der Waals surface area contributed by atoms with Crippen LogP contribution in [0.1, 0.15) is 39.2 Å². The molecule has 0 amide bonds. The highest BCUT2D eigenvalue weighted by Crippen LogP contribution is 2.39. The summed E-state index contributed by atoms with van der Waals surface area (Å²) in [6, 6.07) is 8.32. The number of hydrogen-bond donors (Lipinski definition) is 1. The zero-order valence-electron chi connectivity index (χ0n) is 14.1. The van der Waals surface area contributed by atoms with Crippen molar-refractivity contribution in [3.8, 4) is 0 Å². The number of aryl methyl sites for hydroxylation is 1. The molecule has 1 aromatic heterocycles. The van der Waals surface area contributed by atoms with Gasteiger partial charge in [-0.05, 0) is 61.5 Å². The van der Waals surface area contributed by atoms with Gasteiger partial charge in [0.15, 0.2) is 5.11 Å². The Labute approximate surface area is 156 Å². The second-order valence-corrected chi connectivity index (χ2v) is 7.86. The van der Waals surface area contributed by atoms with Gasteiger partial charge in [-0.25, -0.2) is 4.79 Å². The Balaban J connectivity index is 1.64. The predicted octanol–water partition coefficient (Wildman–Crippen LogP) is 4.17. The largest absolute Gasteiger partial charge is 0.465 e. The van der Waals surface area contributed by atoms with Crippen LogP contribution in [-0.4, -0.2) is 24.7 Å². The molecule has 1 N–H and O–H groups in total. The summed E-state index contributed by atoms with van der Waals surface area (Å²) in [6.07, 6.45) is 5.26. The lowest BCUT2D eigenvalue weighted by Crippen LogP contribution is -2.33. The van der Waals surface area contributed by atoms with Crippen molar-refractivity contribution in [2.24, 2.45) is 0 Å². The van der Waals surface area contributed by atoms with Gasteiger partial charge >= 0.3 is 5.97 Å². The number of carbonyl (C=O) groups excluding carboxylic acids is 1. The van der Waals surface area contributed by atoms with Crippen molar-refractivity contribution in [1.82, 2.24) is 0 Å². The fourth-order valence-electron chi connectivity index (χ4n) is 3.69. The van der Waals surface area contributed by atoms with Crippen LogP contribution >= 0.6 is 23.6 Å². The number of rotatable bonds is 2. The van der Waals surface area contributed by atoms with E-state index in [0.29, 0.717) is 10.7 Å². The van der Waals surface area contributed by atoms with Gasteiger partial charge < -0.3 is 15.0 Å². The first-order chi connectivity index (χ1) is 12.2. The Morgan fingerprint density at radius 3 is 2.88 bits per heavy atom. The summed E-state index contributed by atoms with van der Waals surface area (Å²) in [4.78, 5) is 15.8. The predicted molar refractivity (Wildman–Crippen MR) is 106 cm³/mol. The van der Waals surface area contributed by atoms with Gasteiger partial charge in [0.1, 0.15) is 5.00 Å². The minimum absolute atomic E-state index is 0.272. The Morgan fingerprint density at radius 2 is 2.04 bits per heavy atom. The molecule has 0 fully saturated rings. The van der Waals surface area contributed by atoms with E-state index in [2.05, 4.69) is 28.4 Å². The number of thiophene rings is 1. The first-order valence-corrected chi connectivity index (χ1v) is 9.81. The summed E-state index contributed by atoms with van der Waals surface area (Å²) in [7, 11) is 1.44. The van der Waals surface area contributed by atoms with Gasteiger partial charge in [0.05, 0.1) is 12.7 Å². The van der Waals surface area contributed by atoms with Crippen molar-refractivity contribution < 1.29 is 9.53 Å². The number of ether oxygens (including phenoxy) is 1. The van der Waals surface area contributed by atoms with Crippen molar-refractivity contribution in [1.29, 1.82) is 0 Å². The molecule has 0 saturated heterocycles. The smallest absolute Gasteiger partial charge is 0.341 e. The average molecular weight is 373 g/mol. The van der Waals surface area contributed by atoms with Gasteiger partial charge in [-0.1, -0.05) is 18.2 Å². The van der Waals surface area contributed by atoms with Gasteiger partial charge in [-0.3, -0.25) is 0 Å². The molecule has 2 aliphatic rings. The fourth-order valence-corrected chi connectivity index (χ4v) is 5.32. The number of methoxy groups -OCH3 is 1. The lowest BCUT2D eigenvalue weighted by molar-refractivity contribution is 0.0601. The average Bonchev–Trinajstić information content (AvgIpc) is 3.22. The number of nitrogens with zero attached hydrogens (tertiary/aromatic N) is 1. The van der Waals surface area contributed by atoms with Crippen LogP contribution in [-0.2, 0) is 24.0 Å². The summed E-state index contributed by atoms with van der Waals surface area (Å²) in [5.41, 5.74) is 4.29. The van der Waals surface area contributed by atoms with Crippen molar-refractivity contribution in [2.45, 2.75) is 32.1 Å². The molecule has 25 heavy (non-hydrogen) atoms. The molecule has 1 aliphatic carbocycles. The highest BCUT2D eigenvalue weighted by Gasteiger charge is 2.28. The zero-order valence-corrected chi connectivity index (χ0v) is 15.8. The van der Waals surface area contributed by atoms with Crippen LogP contribution in [0.5, 0.6) is 0 Å². The van der Waals surface area contributed by atoms with Crippen molar-refractivity contribution in [3.63, 3.8) is 0 Å². The third-order valence-electron chi connectivity index (χ3n) is 4.91. The van der Waals surface area contributed by atoms with Gasteiger partial charge in [0, 0.05) is 17.1 Å². The molecular weight excluding hydrogens is 352 g/mol. The number of para-hydroxylation sites is 1. The highest BCUT2D eigenvalue weighted by molar-refractivity contribution is 7.80. The van der Waals surface area contributed by atoms with Crippen LogP contribution in [0.2, 0.25) is 0 Å². The third-order valence-corrected chi connectivity index (χ3v) is 6.44. The lowest BCUT2D eigenvalue weighted by Gasteiger charge is -2.21. The fraction of sp³-hybridized carbons (Fsp3) is 0.368. The monoisotopic (exact) mass is 372 g/mol. The van der Waals surface area contributed by atoms with Gasteiger partial charge in [-0.15, -0.1) is 11.3 Å². The molecule has 0 atom stereocenters. The molecule has 130 valence electrons. The molecule has 1 aromatic carbocycles. The molecule has 0 radical (unpaired) electrons. The summed E-state index contributed by atoms with van der Waals surface area (Å²) >= 11 is 7.31. The van der Waals surface area contributed by atoms with E-state index in [-0.39, 0.29) is 5.97 Å². The second kappa shape index (κ2) is 6.77. The van der Waals surface area contributed by atoms with E-state index in [0.717, 1.165) is 48.5 Å². The standard InChI is InChI=1S/C19H20N2O2S2/c1-23-18(22)16-13-7-3-5-9-15(13)25-17(16)20-19(24)21-11-10-12-6-2-4-8-14(12)21/h2,4,6,8H,3,5,7,9-11H2,1H3,(H,20,24). The van der Waals surface area contributed by atoms with E-state index in [4.69, 9.17) is 17.0 Å². The van der Waals surface area contributed by atoms with Crippen molar-refractivity contribution in [2.75, 3.05) is 23.9 Å². The van der Waals surface area contributed by atoms with Crippen LogP contribution in [0.4, 0.5) is 10.7 Å². The molecule has 2 aromatic rings. The van der Waals surface area contributed by atoms with Crippen molar-refractivity contribution in [3.05, 3.63) is 45.8 Å². The van der Waals surface area contributed by atoms with Gasteiger partial charge in [-0.2, -0.15) is 0 Å². The first kappa shape index (κ1) is 16.5. The molecule has 4 nitrogen and oxygen atoms in total. The van der Waals surface area contributed by atoms with Crippen LogP contribution in [0.15, 0.2) is 24.3 Å². The molecule has 1 aliphatic heterocycles. The molecule has 4 rings (SSSR count). The van der Waals surface area contributed by atoms with E-state index in [1.807, 2.05) is 6.07 Å². The minimum atomic E-state index is -0.272. The zero-order chi connectivity index (χ0) is 17.4. The van der Waals surface area contributed by atoms with Crippen LogP contribution in [0.3, 0.4) is 0 Å². The normalized spacial score (nSPS) is 15.5. The number of fused-ring (bicyclic) bond motifs is 2. The van der Waals surface area contributed by atoms with Crippen LogP contribution in [0, 0.1) is 0 Å². The Morgan fingerprint density at radius 1 is 1.24 bits per heavy atom. The van der Waals surface area contributed by atoms with Crippen LogP contribution in [0.25, 0.3) is 0 Å². The summed E-state index contributed by atoms with van der Waals surface area (Å²) < 4.78 is 5.04. The molecule has 0 unspecified atom stereocenters. The van der Waals surface area contributed by atoms with Crippen LogP contribution < -0.4 is 10.2 Å². The van der Waals surface area contributed by atoms with Crippen molar-refractivity contribution >= 4 is 45.3 Å². The maximum atomic E-state index is 12.4. The summed E-state index contributed by atoms with van der Waals surface area (Å²) in [5, 5.41) is 4.81. The molecular formula is C19H20N2O2S2. The molecule has 0 spiro atoms. The summed E-state index contributed by atoms with van der Waals surface area (Å²) in [6.45, 7) is 0.865. The Hall–Kier alpha value is -1.92.